The molecule has 0 fully saturated rings. The Morgan fingerprint density at radius 3 is 1.56 bits per heavy atom. The van der Waals surface area contributed by atoms with Gasteiger partial charge in [0.15, 0.2) is 0 Å². The summed E-state index contributed by atoms with van der Waals surface area (Å²) in [6.45, 7) is 2.76. The summed E-state index contributed by atoms with van der Waals surface area (Å²) in [4.78, 5) is 13.0. The third kappa shape index (κ3) is 4.36. The summed E-state index contributed by atoms with van der Waals surface area (Å²) >= 11 is 0. The number of hydrogen-bond acceptors (Lipinski definition) is 1. The number of rotatable bonds is 6. The Bertz CT molecular complexity index is 745. The average Bonchev–Trinajstić information content (AvgIpc) is 2.69. The van der Waals surface area contributed by atoms with Gasteiger partial charge in [-0.15, -0.1) is 0 Å². The molecule has 0 radical (unpaired) electrons. The molecule has 25 heavy (non-hydrogen) atoms. The summed E-state index contributed by atoms with van der Waals surface area (Å²) in [6, 6.07) is 30.2. The van der Waals surface area contributed by atoms with E-state index in [4.69, 9.17) is 0 Å². The Hall–Kier alpha value is -2.87. The first-order valence-electron chi connectivity index (χ1n) is 8.68. The second kappa shape index (κ2) is 8.29. The van der Waals surface area contributed by atoms with E-state index in [-0.39, 0.29) is 17.7 Å². The zero-order valence-corrected chi connectivity index (χ0v) is 14.4. The van der Waals surface area contributed by atoms with E-state index >= 15 is 0 Å². The topological polar surface area (TPSA) is 29.1 Å². The van der Waals surface area contributed by atoms with E-state index in [0.717, 1.165) is 11.1 Å². The smallest absolute Gasteiger partial charge is 0.232 e. The maximum atomic E-state index is 13.0. The molecule has 0 bridgehead atoms. The lowest BCUT2D eigenvalue weighted by atomic mass is 9.90. The summed E-state index contributed by atoms with van der Waals surface area (Å²) in [5, 5.41) is 3.14. The van der Waals surface area contributed by atoms with Gasteiger partial charge in [0, 0.05) is 6.54 Å². The first kappa shape index (κ1) is 17.0. The van der Waals surface area contributed by atoms with Crippen LogP contribution >= 0.6 is 0 Å². The van der Waals surface area contributed by atoms with Crippen LogP contribution in [0.3, 0.4) is 0 Å². The van der Waals surface area contributed by atoms with Gasteiger partial charge in [0.05, 0.1) is 5.92 Å². The van der Waals surface area contributed by atoms with Gasteiger partial charge in [0.25, 0.3) is 0 Å². The molecule has 3 rings (SSSR count). The van der Waals surface area contributed by atoms with Crippen molar-refractivity contribution in [2.45, 2.75) is 18.8 Å². The molecule has 0 saturated carbocycles. The molecule has 3 aromatic rings. The van der Waals surface area contributed by atoms with Crippen LogP contribution in [0.15, 0.2) is 91.0 Å². The van der Waals surface area contributed by atoms with Crippen molar-refractivity contribution in [2.75, 3.05) is 6.54 Å². The fourth-order valence-electron chi connectivity index (χ4n) is 3.04. The molecule has 0 spiro atoms. The zero-order chi connectivity index (χ0) is 17.5. The fraction of sp³-hybridized carbons (Fsp3) is 0.174. The number of benzene rings is 3. The molecule has 2 nitrogen and oxygen atoms in total. The lowest BCUT2D eigenvalue weighted by Gasteiger charge is -2.20. The van der Waals surface area contributed by atoms with Gasteiger partial charge in [0.1, 0.15) is 0 Å². The van der Waals surface area contributed by atoms with Gasteiger partial charge in [-0.05, 0) is 22.6 Å². The van der Waals surface area contributed by atoms with Crippen molar-refractivity contribution >= 4 is 5.91 Å². The highest BCUT2D eigenvalue weighted by atomic mass is 16.1. The van der Waals surface area contributed by atoms with Crippen molar-refractivity contribution in [3.63, 3.8) is 0 Å². The third-order valence-corrected chi connectivity index (χ3v) is 4.48. The van der Waals surface area contributed by atoms with Crippen molar-refractivity contribution in [3.05, 3.63) is 108 Å². The first-order valence-corrected chi connectivity index (χ1v) is 8.68. The molecule has 1 atom stereocenters. The number of nitrogens with one attached hydrogen (secondary N) is 1. The molecule has 3 aromatic carbocycles. The quantitative estimate of drug-likeness (QED) is 0.695. The van der Waals surface area contributed by atoms with Crippen LogP contribution in [-0.2, 0) is 4.79 Å². The SMILES string of the molecule is C[C@H](CNC(=O)C(c1ccccc1)c1ccccc1)c1ccccc1. The molecule has 126 valence electrons. The van der Waals surface area contributed by atoms with E-state index in [1.807, 2.05) is 78.9 Å². The van der Waals surface area contributed by atoms with Crippen molar-refractivity contribution in [1.29, 1.82) is 0 Å². The summed E-state index contributed by atoms with van der Waals surface area (Å²) in [5.41, 5.74) is 3.26. The summed E-state index contributed by atoms with van der Waals surface area (Å²) in [6.07, 6.45) is 0. The number of hydrogen-bond donors (Lipinski definition) is 1. The van der Waals surface area contributed by atoms with E-state index < -0.39 is 0 Å². The van der Waals surface area contributed by atoms with Crippen LogP contribution in [0.25, 0.3) is 0 Å². The van der Waals surface area contributed by atoms with Gasteiger partial charge >= 0.3 is 0 Å². The van der Waals surface area contributed by atoms with Gasteiger partial charge < -0.3 is 5.32 Å². The zero-order valence-electron chi connectivity index (χ0n) is 14.4. The summed E-state index contributed by atoms with van der Waals surface area (Å²) < 4.78 is 0. The highest BCUT2D eigenvalue weighted by molar-refractivity contribution is 5.87. The minimum Gasteiger partial charge on any atom is -0.355 e. The second-order valence-electron chi connectivity index (χ2n) is 6.31. The van der Waals surface area contributed by atoms with E-state index in [9.17, 15) is 4.79 Å². The molecule has 0 heterocycles. The third-order valence-electron chi connectivity index (χ3n) is 4.48. The maximum Gasteiger partial charge on any atom is 0.232 e. The van der Waals surface area contributed by atoms with E-state index in [1.54, 1.807) is 0 Å². The van der Waals surface area contributed by atoms with Crippen molar-refractivity contribution in [2.24, 2.45) is 0 Å². The second-order valence-corrected chi connectivity index (χ2v) is 6.31. The van der Waals surface area contributed by atoms with Crippen LogP contribution in [0.4, 0.5) is 0 Å². The number of carbonyl (C=O) groups is 1. The van der Waals surface area contributed by atoms with Crippen LogP contribution in [0.5, 0.6) is 0 Å². The molecule has 0 aromatic heterocycles. The van der Waals surface area contributed by atoms with Crippen LogP contribution in [0, 0.1) is 0 Å². The van der Waals surface area contributed by atoms with Gasteiger partial charge in [-0.2, -0.15) is 0 Å². The van der Waals surface area contributed by atoms with Crippen LogP contribution in [0.1, 0.15) is 35.4 Å². The molecular formula is C23H23NO. The van der Waals surface area contributed by atoms with E-state index in [0.29, 0.717) is 6.54 Å². The molecule has 2 heteroatoms. The normalized spacial score (nSPS) is 11.9. The predicted molar refractivity (Wildman–Crippen MR) is 103 cm³/mol. The average molecular weight is 329 g/mol. The molecule has 0 saturated heterocycles. The summed E-state index contributed by atoms with van der Waals surface area (Å²) in [5.74, 6) is 0.0305. The Morgan fingerprint density at radius 2 is 1.12 bits per heavy atom. The van der Waals surface area contributed by atoms with Crippen LogP contribution in [-0.4, -0.2) is 12.5 Å². The van der Waals surface area contributed by atoms with Crippen molar-refractivity contribution in [1.82, 2.24) is 5.32 Å². The van der Waals surface area contributed by atoms with Gasteiger partial charge in [-0.1, -0.05) is 97.9 Å². The standard InChI is InChI=1S/C23H23NO/c1-18(19-11-5-2-6-12-19)17-24-23(25)22(20-13-7-3-8-14-20)21-15-9-4-10-16-21/h2-16,18,22H,17H2,1H3,(H,24,25)/t18-/m1/s1. The molecule has 0 aliphatic rings. The van der Waals surface area contributed by atoms with Gasteiger partial charge in [0.2, 0.25) is 5.91 Å². The number of amides is 1. The van der Waals surface area contributed by atoms with Crippen molar-refractivity contribution in [3.8, 4) is 0 Å². The maximum absolute atomic E-state index is 13.0. The molecule has 0 unspecified atom stereocenters. The Labute approximate surface area is 149 Å². The van der Waals surface area contributed by atoms with Gasteiger partial charge in [-0.25, -0.2) is 0 Å². The Kier molecular flexibility index (Phi) is 5.63. The predicted octanol–water partition coefficient (Wildman–Crippen LogP) is 4.74. The van der Waals surface area contributed by atoms with Crippen molar-refractivity contribution < 1.29 is 4.79 Å². The number of carbonyl (C=O) groups excluding carboxylic acids is 1. The minimum atomic E-state index is -0.287. The highest BCUT2D eigenvalue weighted by Crippen LogP contribution is 2.25. The largest absolute Gasteiger partial charge is 0.355 e. The fourth-order valence-corrected chi connectivity index (χ4v) is 3.04. The molecule has 1 amide bonds. The monoisotopic (exact) mass is 329 g/mol. The highest BCUT2D eigenvalue weighted by Gasteiger charge is 2.22. The lowest BCUT2D eigenvalue weighted by molar-refractivity contribution is -0.121. The minimum absolute atomic E-state index is 0.0418. The Morgan fingerprint density at radius 1 is 0.720 bits per heavy atom. The molecular weight excluding hydrogens is 306 g/mol. The summed E-state index contributed by atoms with van der Waals surface area (Å²) in [7, 11) is 0. The van der Waals surface area contributed by atoms with Gasteiger partial charge in [-0.3, -0.25) is 4.79 Å². The van der Waals surface area contributed by atoms with Crippen LogP contribution < -0.4 is 5.32 Å². The van der Waals surface area contributed by atoms with E-state index in [2.05, 4.69) is 24.4 Å². The first-order chi connectivity index (χ1) is 12.3. The Balaban J connectivity index is 1.76. The van der Waals surface area contributed by atoms with E-state index in [1.165, 1.54) is 5.56 Å². The lowest BCUT2D eigenvalue weighted by Crippen LogP contribution is -2.32. The van der Waals surface area contributed by atoms with Crippen LogP contribution in [0.2, 0.25) is 0 Å². The molecule has 1 N–H and O–H groups in total. The molecule has 0 aliphatic heterocycles. The molecule has 0 aliphatic carbocycles.